The fourth-order valence-corrected chi connectivity index (χ4v) is 8.03. The van der Waals surface area contributed by atoms with Crippen molar-refractivity contribution in [2.75, 3.05) is 23.4 Å². The third-order valence-electron chi connectivity index (χ3n) is 7.20. The average Bonchev–Trinajstić information content (AvgIpc) is 3.47. The zero-order valence-electron chi connectivity index (χ0n) is 23.1. The molecule has 3 atom stereocenters. The molecule has 4 aromatic rings. The Hall–Kier alpha value is -4.06. The van der Waals surface area contributed by atoms with Crippen LogP contribution in [0.25, 0.3) is 0 Å². The zero-order valence-corrected chi connectivity index (χ0v) is 25.5. The fourth-order valence-electron chi connectivity index (χ4n) is 5.39. The number of H-pyrrole nitrogens is 1. The number of hydrogen-bond donors (Lipinski definition) is 2. The van der Waals surface area contributed by atoms with Gasteiger partial charge in [-0.25, -0.2) is 4.90 Å². The van der Waals surface area contributed by atoms with E-state index in [0.717, 1.165) is 16.9 Å². The van der Waals surface area contributed by atoms with E-state index in [9.17, 15) is 19.2 Å². The van der Waals surface area contributed by atoms with Crippen LogP contribution in [-0.4, -0.2) is 41.2 Å². The number of aryl methyl sites for hydroxylation is 1. The minimum absolute atomic E-state index is 0.245. The van der Waals surface area contributed by atoms with E-state index >= 15 is 0 Å². The van der Waals surface area contributed by atoms with Crippen molar-refractivity contribution in [2.45, 2.75) is 30.0 Å². The molecule has 220 valence electrons. The van der Waals surface area contributed by atoms with Gasteiger partial charge in [-0.1, -0.05) is 52.9 Å². The average molecular weight is 636 g/mol. The van der Waals surface area contributed by atoms with Crippen LogP contribution in [0.2, 0.25) is 5.02 Å². The van der Waals surface area contributed by atoms with Crippen molar-refractivity contribution < 1.29 is 23.9 Å². The Morgan fingerprint density at radius 1 is 1.00 bits per heavy atom. The van der Waals surface area contributed by atoms with Gasteiger partial charge in [0.2, 0.25) is 11.8 Å². The quantitative estimate of drug-likeness (QED) is 0.242. The maximum atomic E-state index is 13.9. The van der Waals surface area contributed by atoms with Gasteiger partial charge in [0.25, 0.3) is 5.91 Å². The van der Waals surface area contributed by atoms with Crippen molar-refractivity contribution in [3.8, 4) is 11.5 Å². The summed E-state index contributed by atoms with van der Waals surface area (Å²) in [5.74, 6) is -1.64. The van der Waals surface area contributed by atoms with Crippen LogP contribution < -0.4 is 24.6 Å². The van der Waals surface area contributed by atoms with Gasteiger partial charge in [-0.05, 0) is 73.5 Å². The number of anilines is 2. The molecule has 0 spiro atoms. The molecule has 6 rings (SSSR count). The largest absolute Gasteiger partial charge is 0.490 e. The molecule has 3 aromatic carbocycles. The van der Waals surface area contributed by atoms with Crippen molar-refractivity contribution in [2.24, 2.45) is 5.92 Å². The number of hydrogen-bond acceptors (Lipinski definition) is 8. The number of halogens is 1. The highest BCUT2D eigenvalue weighted by Crippen LogP contribution is 2.53. The molecular formula is C31H26ClN3O6S2. The fraction of sp³-hybridized carbons (Fsp3) is 0.226. The Bertz CT molecular complexity index is 1790. The second kappa shape index (κ2) is 11.9. The molecule has 2 N–H and O–H groups in total. The molecule has 0 aliphatic carbocycles. The predicted octanol–water partition coefficient (Wildman–Crippen LogP) is 5.61. The molecule has 12 heteroatoms. The molecule has 1 saturated heterocycles. The number of benzene rings is 3. The van der Waals surface area contributed by atoms with E-state index in [1.54, 1.807) is 48.5 Å². The first-order valence-corrected chi connectivity index (χ1v) is 15.6. The topological polar surface area (TPSA) is 118 Å². The summed E-state index contributed by atoms with van der Waals surface area (Å²) in [7, 11) is 0. The minimum atomic E-state index is -0.756. The van der Waals surface area contributed by atoms with Gasteiger partial charge < -0.3 is 19.8 Å². The molecule has 3 heterocycles. The summed E-state index contributed by atoms with van der Waals surface area (Å²) in [6.07, 6.45) is 0. The van der Waals surface area contributed by atoms with Crippen LogP contribution in [0.5, 0.6) is 11.5 Å². The second-order valence-electron chi connectivity index (χ2n) is 10.1. The van der Waals surface area contributed by atoms with E-state index in [2.05, 4.69) is 10.3 Å². The molecule has 43 heavy (non-hydrogen) atoms. The van der Waals surface area contributed by atoms with E-state index in [1.807, 2.05) is 32.0 Å². The number of carbonyl (C=O) groups excluding carboxylic acids is 3. The number of fused-ring (bicyclic) bond motifs is 2. The number of thiazole rings is 1. The number of ether oxygens (including phenoxy) is 2. The SMILES string of the molecule is CCOc1cc(C2c3sc(=O)[nH]c3SC3C(=O)N(c4ccc(Cl)cc4)C(=O)C32)ccc1OCC(=O)Nc1cccc(C)c1. The Kier molecular flexibility index (Phi) is 8.04. The van der Waals surface area contributed by atoms with Gasteiger partial charge in [0.15, 0.2) is 18.1 Å². The Morgan fingerprint density at radius 3 is 2.53 bits per heavy atom. The van der Waals surface area contributed by atoms with E-state index in [0.29, 0.717) is 50.0 Å². The van der Waals surface area contributed by atoms with Gasteiger partial charge in [0, 0.05) is 21.5 Å². The van der Waals surface area contributed by atoms with Crippen molar-refractivity contribution in [1.82, 2.24) is 4.98 Å². The third kappa shape index (κ3) is 5.67. The first-order valence-electron chi connectivity index (χ1n) is 13.5. The smallest absolute Gasteiger partial charge is 0.305 e. The first kappa shape index (κ1) is 29.0. The molecule has 0 saturated carbocycles. The number of aromatic nitrogens is 1. The van der Waals surface area contributed by atoms with Crippen LogP contribution in [-0.2, 0) is 14.4 Å². The molecule has 2 aliphatic heterocycles. The van der Waals surface area contributed by atoms with Gasteiger partial charge in [0.1, 0.15) is 5.25 Å². The number of thioether (sulfide) groups is 1. The minimum Gasteiger partial charge on any atom is -0.490 e. The van der Waals surface area contributed by atoms with Crippen molar-refractivity contribution in [3.63, 3.8) is 0 Å². The van der Waals surface area contributed by atoms with Crippen LogP contribution in [0, 0.1) is 12.8 Å². The Balaban J connectivity index is 1.31. The molecule has 0 bridgehead atoms. The number of amides is 3. The van der Waals surface area contributed by atoms with Crippen LogP contribution in [0.1, 0.15) is 28.8 Å². The van der Waals surface area contributed by atoms with Crippen molar-refractivity contribution >= 4 is 63.8 Å². The lowest BCUT2D eigenvalue weighted by Crippen LogP contribution is -2.32. The second-order valence-corrected chi connectivity index (χ2v) is 12.7. The van der Waals surface area contributed by atoms with E-state index in [4.69, 9.17) is 21.1 Å². The summed E-state index contributed by atoms with van der Waals surface area (Å²) < 4.78 is 11.7. The third-order valence-corrected chi connectivity index (χ3v) is 9.85. The summed E-state index contributed by atoms with van der Waals surface area (Å²) in [6.45, 7) is 3.85. The molecular weight excluding hydrogens is 610 g/mol. The number of nitrogens with one attached hydrogen (secondary N) is 2. The highest BCUT2D eigenvalue weighted by atomic mass is 35.5. The number of carbonyl (C=O) groups is 3. The van der Waals surface area contributed by atoms with E-state index < -0.39 is 17.1 Å². The lowest BCUT2D eigenvalue weighted by atomic mass is 9.83. The Labute approximate surface area is 260 Å². The van der Waals surface area contributed by atoms with Crippen LogP contribution in [0.15, 0.2) is 76.6 Å². The van der Waals surface area contributed by atoms with Gasteiger partial charge in [0.05, 0.1) is 23.2 Å². The molecule has 1 aromatic heterocycles. The van der Waals surface area contributed by atoms with Crippen LogP contribution in [0.4, 0.5) is 11.4 Å². The lowest BCUT2D eigenvalue weighted by molar-refractivity contribution is -0.122. The van der Waals surface area contributed by atoms with Crippen LogP contribution >= 0.6 is 34.7 Å². The monoisotopic (exact) mass is 635 g/mol. The number of nitrogens with zero attached hydrogens (tertiary/aromatic N) is 1. The highest BCUT2D eigenvalue weighted by molar-refractivity contribution is 8.00. The molecule has 9 nitrogen and oxygen atoms in total. The number of rotatable bonds is 8. The van der Waals surface area contributed by atoms with Crippen molar-refractivity contribution in [1.29, 1.82) is 0 Å². The zero-order chi connectivity index (χ0) is 30.2. The maximum absolute atomic E-state index is 13.9. The van der Waals surface area contributed by atoms with E-state index in [-0.39, 0.29) is 29.2 Å². The van der Waals surface area contributed by atoms with Crippen LogP contribution in [0.3, 0.4) is 0 Å². The molecule has 3 unspecified atom stereocenters. The first-order chi connectivity index (χ1) is 20.7. The standard InChI is InChI=1S/C31H26ClN3O6S2/c1-3-40-22-14-17(7-12-21(22)41-15-23(36)33-19-6-4-5-16(2)13-19)24-25-27(42-28-26(24)43-31(39)34-28)30(38)35(29(25)37)20-10-8-18(32)9-11-20/h4-14,24-25,27H,3,15H2,1-2H3,(H,33,36)(H,34,39). The highest BCUT2D eigenvalue weighted by Gasteiger charge is 2.56. The summed E-state index contributed by atoms with van der Waals surface area (Å²) in [6, 6.07) is 19.2. The summed E-state index contributed by atoms with van der Waals surface area (Å²) in [5.41, 5.74) is 2.81. The molecule has 3 amide bonds. The summed E-state index contributed by atoms with van der Waals surface area (Å²) in [4.78, 5) is 57.0. The molecule has 2 aliphatic rings. The van der Waals surface area contributed by atoms with Crippen molar-refractivity contribution in [3.05, 3.63) is 97.4 Å². The van der Waals surface area contributed by atoms with Gasteiger partial charge in [-0.2, -0.15) is 0 Å². The van der Waals surface area contributed by atoms with Gasteiger partial charge >= 0.3 is 4.87 Å². The number of imide groups is 1. The summed E-state index contributed by atoms with van der Waals surface area (Å²) >= 11 is 8.28. The molecule has 0 radical (unpaired) electrons. The van der Waals surface area contributed by atoms with E-state index in [1.165, 1.54) is 16.7 Å². The normalized spacial score (nSPS) is 19.1. The maximum Gasteiger partial charge on any atom is 0.305 e. The Morgan fingerprint density at radius 2 is 1.79 bits per heavy atom. The molecule has 1 fully saturated rings. The summed E-state index contributed by atoms with van der Waals surface area (Å²) in [5, 5.41) is 3.15. The van der Waals surface area contributed by atoms with Gasteiger partial charge in [-0.15, -0.1) is 0 Å². The lowest BCUT2D eigenvalue weighted by Gasteiger charge is -2.30. The van der Waals surface area contributed by atoms with Gasteiger partial charge in [-0.3, -0.25) is 19.2 Å². The number of aromatic amines is 1. The predicted molar refractivity (Wildman–Crippen MR) is 167 cm³/mol.